The predicted molar refractivity (Wildman–Crippen MR) is 61.6 cm³/mol. The van der Waals surface area contributed by atoms with Crippen molar-refractivity contribution in [3.63, 3.8) is 0 Å². The molecule has 0 aromatic heterocycles. The summed E-state index contributed by atoms with van der Waals surface area (Å²) in [6.07, 6.45) is -2.02. The zero-order valence-electron chi connectivity index (χ0n) is 10.1. The van der Waals surface area contributed by atoms with Crippen molar-refractivity contribution in [2.75, 3.05) is 0 Å². The number of benzene rings is 1. The van der Waals surface area contributed by atoms with E-state index in [1.54, 1.807) is 0 Å². The summed E-state index contributed by atoms with van der Waals surface area (Å²) in [4.78, 5) is 11.8. The second kappa shape index (κ2) is 6.42. The third-order valence-electron chi connectivity index (χ3n) is 2.42. The molecule has 0 radical (unpaired) electrons. The topological polar surface area (TPSA) is 26.3 Å². The highest BCUT2D eigenvalue weighted by atomic mass is 19.4. The molecule has 1 aromatic rings. The fourth-order valence-electron chi connectivity index (χ4n) is 1.58. The summed E-state index contributed by atoms with van der Waals surface area (Å²) >= 11 is 0. The van der Waals surface area contributed by atoms with Gasteiger partial charge >= 0.3 is 6.36 Å². The first-order valence-corrected chi connectivity index (χ1v) is 5.82. The molecule has 0 bridgehead atoms. The van der Waals surface area contributed by atoms with Gasteiger partial charge in [0.1, 0.15) is 5.75 Å². The van der Waals surface area contributed by atoms with E-state index in [4.69, 9.17) is 0 Å². The van der Waals surface area contributed by atoms with Crippen molar-refractivity contribution in [1.29, 1.82) is 0 Å². The van der Waals surface area contributed by atoms with Crippen molar-refractivity contribution < 1.29 is 22.7 Å². The highest BCUT2D eigenvalue weighted by Gasteiger charge is 2.32. The van der Waals surface area contributed by atoms with E-state index in [0.717, 1.165) is 18.9 Å². The SMILES string of the molecule is CCCCCC(=O)c1ccccc1OC(F)(F)F. The Balaban J connectivity index is 2.78. The van der Waals surface area contributed by atoms with Gasteiger partial charge in [-0.2, -0.15) is 0 Å². The van der Waals surface area contributed by atoms with Crippen LogP contribution in [-0.4, -0.2) is 12.1 Å². The molecule has 18 heavy (non-hydrogen) atoms. The number of rotatable bonds is 6. The van der Waals surface area contributed by atoms with Gasteiger partial charge in [0.05, 0.1) is 5.56 Å². The van der Waals surface area contributed by atoms with Gasteiger partial charge in [-0.05, 0) is 18.6 Å². The number of ketones is 1. The first-order chi connectivity index (χ1) is 8.44. The van der Waals surface area contributed by atoms with Gasteiger partial charge in [-0.1, -0.05) is 31.9 Å². The van der Waals surface area contributed by atoms with Crippen LogP contribution in [0.4, 0.5) is 13.2 Å². The van der Waals surface area contributed by atoms with Gasteiger partial charge in [-0.25, -0.2) is 0 Å². The van der Waals surface area contributed by atoms with Gasteiger partial charge in [0.25, 0.3) is 0 Å². The number of hydrogen-bond donors (Lipinski definition) is 0. The number of alkyl halides is 3. The molecule has 0 fully saturated rings. The second-order valence-corrected chi connectivity index (χ2v) is 3.92. The quantitative estimate of drug-likeness (QED) is 0.561. The maximum atomic E-state index is 12.2. The molecule has 0 saturated heterocycles. The summed E-state index contributed by atoms with van der Waals surface area (Å²) in [5.74, 6) is -0.741. The number of Topliss-reactive ketones (excluding diaryl/α,β-unsaturated/α-hetero) is 1. The summed E-state index contributed by atoms with van der Waals surface area (Å²) in [5.41, 5.74) is -0.00840. The Labute approximate surface area is 104 Å². The molecule has 100 valence electrons. The van der Waals surface area contributed by atoms with Crippen LogP contribution < -0.4 is 4.74 Å². The summed E-state index contributed by atoms with van der Waals surface area (Å²) in [6.45, 7) is 1.99. The zero-order chi connectivity index (χ0) is 13.6. The molecule has 0 aliphatic carbocycles. The van der Waals surface area contributed by atoms with Gasteiger partial charge < -0.3 is 4.74 Å². The van der Waals surface area contributed by atoms with Gasteiger partial charge in [0.2, 0.25) is 0 Å². The maximum absolute atomic E-state index is 12.2. The van der Waals surface area contributed by atoms with Gasteiger partial charge in [0, 0.05) is 6.42 Å². The third-order valence-corrected chi connectivity index (χ3v) is 2.42. The average Bonchev–Trinajstić information content (AvgIpc) is 2.27. The standard InChI is InChI=1S/C13H15F3O2/c1-2-3-4-8-11(17)10-7-5-6-9-12(10)18-13(14,15)16/h5-7,9H,2-4,8H2,1H3. The first-order valence-electron chi connectivity index (χ1n) is 5.82. The van der Waals surface area contributed by atoms with Crippen LogP contribution in [0.2, 0.25) is 0 Å². The molecule has 0 amide bonds. The van der Waals surface area contributed by atoms with Gasteiger partial charge in [-0.3, -0.25) is 4.79 Å². The monoisotopic (exact) mass is 260 g/mol. The van der Waals surface area contributed by atoms with E-state index < -0.39 is 12.1 Å². The molecule has 0 heterocycles. The second-order valence-electron chi connectivity index (χ2n) is 3.92. The van der Waals surface area contributed by atoms with E-state index in [1.165, 1.54) is 18.2 Å². The smallest absolute Gasteiger partial charge is 0.405 e. The Hall–Kier alpha value is -1.52. The molecule has 0 atom stereocenters. The van der Waals surface area contributed by atoms with Gasteiger partial charge in [-0.15, -0.1) is 13.2 Å². The predicted octanol–water partition coefficient (Wildman–Crippen LogP) is 4.35. The average molecular weight is 260 g/mol. The lowest BCUT2D eigenvalue weighted by Crippen LogP contribution is -2.19. The molecule has 1 aromatic carbocycles. The Morgan fingerprint density at radius 1 is 1.22 bits per heavy atom. The number of para-hydroxylation sites is 1. The van der Waals surface area contributed by atoms with Crippen LogP contribution in [0.5, 0.6) is 5.75 Å². The molecule has 0 unspecified atom stereocenters. The molecule has 0 spiro atoms. The number of unbranched alkanes of at least 4 members (excludes halogenated alkanes) is 2. The maximum Gasteiger partial charge on any atom is 0.573 e. The van der Waals surface area contributed by atoms with Crippen LogP contribution in [0.1, 0.15) is 43.0 Å². The molecular formula is C13H15F3O2. The number of ether oxygens (including phenoxy) is 1. The normalized spacial score (nSPS) is 11.3. The molecule has 0 aliphatic rings. The number of halogens is 3. The largest absolute Gasteiger partial charge is 0.573 e. The van der Waals surface area contributed by atoms with E-state index in [9.17, 15) is 18.0 Å². The molecular weight excluding hydrogens is 245 g/mol. The first kappa shape index (κ1) is 14.5. The van der Waals surface area contributed by atoms with Gasteiger partial charge in [0.15, 0.2) is 5.78 Å². The highest BCUT2D eigenvalue weighted by molar-refractivity contribution is 5.98. The summed E-state index contributed by atoms with van der Waals surface area (Å²) in [5, 5.41) is 0. The number of hydrogen-bond acceptors (Lipinski definition) is 2. The van der Waals surface area contributed by atoms with Crippen molar-refractivity contribution in [3.05, 3.63) is 29.8 Å². The van der Waals surface area contributed by atoms with Crippen LogP contribution >= 0.6 is 0 Å². The van der Waals surface area contributed by atoms with Crippen LogP contribution in [-0.2, 0) is 0 Å². The number of carbonyl (C=O) groups excluding carboxylic acids is 1. The van der Waals surface area contributed by atoms with Crippen molar-refractivity contribution in [2.24, 2.45) is 0 Å². The van der Waals surface area contributed by atoms with E-state index in [0.29, 0.717) is 6.42 Å². The minimum atomic E-state index is -4.78. The fourth-order valence-corrected chi connectivity index (χ4v) is 1.58. The lowest BCUT2D eigenvalue weighted by molar-refractivity contribution is -0.274. The van der Waals surface area contributed by atoms with Crippen molar-refractivity contribution in [2.45, 2.75) is 39.0 Å². The summed E-state index contributed by atoms with van der Waals surface area (Å²) in [6, 6.07) is 5.44. The van der Waals surface area contributed by atoms with Crippen molar-refractivity contribution in [3.8, 4) is 5.75 Å². The Morgan fingerprint density at radius 2 is 1.89 bits per heavy atom. The molecule has 0 N–H and O–H groups in total. The van der Waals surface area contributed by atoms with E-state index in [-0.39, 0.29) is 17.8 Å². The minimum absolute atomic E-state index is 0.00840. The van der Waals surface area contributed by atoms with E-state index >= 15 is 0 Å². The lowest BCUT2D eigenvalue weighted by Gasteiger charge is -2.12. The van der Waals surface area contributed by atoms with E-state index in [1.807, 2.05) is 6.92 Å². The molecule has 0 saturated carbocycles. The molecule has 2 nitrogen and oxygen atoms in total. The Bertz CT molecular complexity index is 399. The van der Waals surface area contributed by atoms with Crippen LogP contribution in [0, 0.1) is 0 Å². The van der Waals surface area contributed by atoms with Crippen LogP contribution in [0.3, 0.4) is 0 Å². The molecule has 1 rings (SSSR count). The Kier molecular flexibility index (Phi) is 5.19. The van der Waals surface area contributed by atoms with Crippen molar-refractivity contribution in [1.82, 2.24) is 0 Å². The zero-order valence-corrected chi connectivity index (χ0v) is 10.1. The highest BCUT2D eigenvalue weighted by Crippen LogP contribution is 2.27. The Morgan fingerprint density at radius 3 is 2.50 bits per heavy atom. The molecule has 5 heteroatoms. The van der Waals surface area contributed by atoms with E-state index in [2.05, 4.69) is 4.74 Å². The lowest BCUT2D eigenvalue weighted by atomic mass is 10.0. The van der Waals surface area contributed by atoms with Crippen LogP contribution in [0.25, 0.3) is 0 Å². The number of carbonyl (C=O) groups is 1. The summed E-state index contributed by atoms with van der Waals surface area (Å²) in [7, 11) is 0. The van der Waals surface area contributed by atoms with Crippen molar-refractivity contribution >= 4 is 5.78 Å². The van der Waals surface area contributed by atoms with Crippen LogP contribution in [0.15, 0.2) is 24.3 Å². The third kappa shape index (κ3) is 4.77. The molecule has 0 aliphatic heterocycles. The minimum Gasteiger partial charge on any atom is -0.405 e. The fraction of sp³-hybridized carbons (Fsp3) is 0.462. The summed E-state index contributed by atoms with van der Waals surface area (Å²) < 4.78 is 40.3.